The summed E-state index contributed by atoms with van der Waals surface area (Å²) in [5, 5.41) is 4.32. The Kier molecular flexibility index (Phi) is 11.4. The van der Waals surface area contributed by atoms with Crippen molar-refractivity contribution in [2.75, 3.05) is 17.1 Å². The lowest BCUT2D eigenvalue weighted by Gasteiger charge is -2.35. The van der Waals surface area contributed by atoms with Crippen LogP contribution in [-0.4, -0.2) is 50.0 Å². The Morgan fingerprint density at radius 2 is 1.63 bits per heavy atom. The Morgan fingerprint density at radius 1 is 0.930 bits per heavy atom. The van der Waals surface area contributed by atoms with Crippen molar-refractivity contribution >= 4 is 62.3 Å². The van der Waals surface area contributed by atoms with Crippen molar-refractivity contribution in [3.8, 4) is 0 Å². The van der Waals surface area contributed by atoms with E-state index in [1.807, 2.05) is 30.3 Å². The van der Waals surface area contributed by atoms with Gasteiger partial charge < -0.3 is 10.2 Å². The Morgan fingerprint density at radius 3 is 2.28 bits per heavy atom. The quantitative estimate of drug-likeness (QED) is 0.244. The molecule has 0 spiro atoms. The van der Waals surface area contributed by atoms with Crippen LogP contribution in [0.1, 0.15) is 48.8 Å². The first-order valence-corrected chi connectivity index (χ1v) is 17.2. The standard InChI is InChI=1S/C32H36Cl3N3O4S/c1-22-27(34)14-9-15-29(22)38(43(2,41)42)21-31(39)37(20-24-16-17-25(33)19-28(24)35)30(18-23-10-5-3-6-11-23)32(40)36-26-12-7-4-8-13-26/h3,5-6,9-11,14-17,19,26,30H,4,7-8,12-13,18,20-21H2,1-2H3,(H,36,40)/t30-/m1/s1. The topological polar surface area (TPSA) is 86.8 Å². The monoisotopic (exact) mass is 663 g/mol. The number of benzene rings is 3. The van der Waals surface area contributed by atoms with Crippen LogP contribution in [0.4, 0.5) is 5.69 Å². The minimum atomic E-state index is -3.92. The molecule has 2 amide bonds. The van der Waals surface area contributed by atoms with E-state index in [9.17, 15) is 18.0 Å². The highest BCUT2D eigenvalue weighted by atomic mass is 35.5. The van der Waals surface area contributed by atoms with E-state index in [1.54, 1.807) is 43.3 Å². The van der Waals surface area contributed by atoms with Crippen LogP contribution in [0.2, 0.25) is 15.1 Å². The number of hydrogen-bond donors (Lipinski definition) is 1. The maximum absolute atomic E-state index is 14.3. The summed E-state index contributed by atoms with van der Waals surface area (Å²) in [5.74, 6) is -0.852. The highest BCUT2D eigenvalue weighted by Crippen LogP contribution is 2.29. The van der Waals surface area contributed by atoms with Crippen LogP contribution in [0.5, 0.6) is 0 Å². The molecule has 3 aromatic rings. The number of amides is 2. The van der Waals surface area contributed by atoms with Gasteiger partial charge in [-0.05, 0) is 60.7 Å². The van der Waals surface area contributed by atoms with Crippen LogP contribution >= 0.6 is 34.8 Å². The smallest absolute Gasteiger partial charge is 0.244 e. The molecule has 7 nitrogen and oxygen atoms in total. The SMILES string of the molecule is Cc1c(Cl)cccc1N(CC(=O)N(Cc1ccc(Cl)cc1Cl)[C@H](Cc1ccccc1)C(=O)NC1CCCCC1)S(C)(=O)=O. The minimum absolute atomic E-state index is 0.0113. The number of nitrogens with zero attached hydrogens (tertiary/aromatic N) is 2. The van der Waals surface area contributed by atoms with Crippen molar-refractivity contribution in [3.63, 3.8) is 0 Å². The van der Waals surface area contributed by atoms with Crippen LogP contribution in [-0.2, 0) is 32.6 Å². The summed E-state index contributed by atoms with van der Waals surface area (Å²) in [6.45, 7) is 1.13. The van der Waals surface area contributed by atoms with Gasteiger partial charge in [0.25, 0.3) is 0 Å². The molecule has 0 bridgehead atoms. The van der Waals surface area contributed by atoms with Gasteiger partial charge in [-0.15, -0.1) is 0 Å². The van der Waals surface area contributed by atoms with Gasteiger partial charge in [0.1, 0.15) is 12.6 Å². The van der Waals surface area contributed by atoms with Gasteiger partial charge in [0.15, 0.2) is 0 Å². The van der Waals surface area contributed by atoms with Crippen LogP contribution in [0, 0.1) is 6.92 Å². The van der Waals surface area contributed by atoms with Gasteiger partial charge in [0, 0.05) is 34.1 Å². The van der Waals surface area contributed by atoms with E-state index in [1.165, 1.54) is 4.90 Å². The molecule has 0 aromatic heterocycles. The molecule has 43 heavy (non-hydrogen) atoms. The molecule has 0 saturated heterocycles. The molecule has 1 N–H and O–H groups in total. The summed E-state index contributed by atoms with van der Waals surface area (Å²) in [5.41, 5.74) is 2.24. The largest absolute Gasteiger partial charge is 0.352 e. The van der Waals surface area contributed by atoms with Crippen molar-refractivity contribution < 1.29 is 18.0 Å². The molecule has 1 fully saturated rings. The third kappa shape index (κ3) is 8.88. The lowest BCUT2D eigenvalue weighted by atomic mass is 9.94. The minimum Gasteiger partial charge on any atom is -0.352 e. The van der Waals surface area contributed by atoms with E-state index in [0.717, 1.165) is 48.2 Å². The summed E-state index contributed by atoms with van der Waals surface area (Å²) in [4.78, 5) is 29.8. The van der Waals surface area contributed by atoms with Crippen LogP contribution in [0.15, 0.2) is 66.7 Å². The molecule has 1 aliphatic rings. The fraction of sp³-hybridized carbons (Fsp3) is 0.375. The molecule has 0 heterocycles. The lowest BCUT2D eigenvalue weighted by Crippen LogP contribution is -2.55. The van der Waals surface area contributed by atoms with Crippen molar-refractivity contribution in [2.24, 2.45) is 0 Å². The fourth-order valence-corrected chi connectivity index (χ4v) is 6.93. The number of rotatable bonds is 11. The molecule has 4 rings (SSSR count). The second kappa shape index (κ2) is 14.8. The number of hydrogen-bond acceptors (Lipinski definition) is 4. The molecule has 11 heteroatoms. The molecule has 1 aliphatic carbocycles. The molecule has 1 saturated carbocycles. The zero-order valence-electron chi connectivity index (χ0n) is 24.2. The van der Waals surface area contributed by atoms with Gasteiger partial charge in [0.2, 0.25) is 21.8 Å². The van der Waals surface area contributed by atoms with Crippen molar-refractivity contribution in [3.05, 3.63) is 98.5 Å². The number of halogens is 3. The molecule has 0 unspecified atom stereocenters. The first-order valence-electron chi connectivity index (χ1n) is 14.2. The molecular formula is C32H36Cl3N3O4S. The number of sulfonamides is 1. The highest BCUT2D eigenvalue weighted by molar-refractivity contribution is 7.92. The zero-order chi connectivity index (χ0) is 31.1. The average Bonchev–Trinajstić information content (AvgIpc) is 2.96. The van der Waals surface area contributed by atoms with Crippen molar-refractivity contribution in [1.82, 2.24) is 10.2 Å². The van der Waals surface area contributed by atoms with Gasteiger partial charge in [-0.2, -0.15) is 0 Å². The van der Waals surface area contributed by atoms with E-state index < -0.39 is 28.5 Å². The van der Waals surface area contributed by atoms with E-state index in [-0.39, 0.29) is 24.9 Å². The van der Waals surface area contributed by atoms with Crippen molar-refractivity contribution in [1.29, 1.82) is 0 Å². The van der Waals surface area contributed by atoms with Crippen molar-refractivity contribution in [2.45, 2.75) is 64.1 Å². The second-order valence-electron chi connectivity index (χ2n) is 11.0. The summed E-state index contributed by atoms with van der Waals surface area (Å²) in [6.07, 6.45) is 6.19. The molecule has 3 aromatic carbocycles. The van der Waals surface area contributed by atoms with Crippen LogP contribution < -0.4 is 9.62 Å². The zero-order valence-corrected chi connectivity index (χ0v) is 27.3. The molecule has 1 atom stereocenters. The summed E-state index contributed by atoms with van der Waals surface area (Å²) in [7, 11) is -3.92. The first kappa shape index (κ1) is 33.1. The van der Waals surface area contributed by atoms with Gasteiger partial charge in [-0.3, -0.25) is 13.9 Å². The summed E-state index contributed by atoms with van der Waals surface area (Å²) in [6, 6.07) is 18.3. The predicted molar refractivity (Wildman–Crippen MR) is 174 cm³/mol. The van der Waals surface area contributed by atoms with Crippen LogP contribution in [0.25, 0.3) is 0 Å². The average molecular weight is 665 g/mol. The van der Waals surface area contributed by atoms with Gasteiger partial charge >= 0.3 is 0 Å². The Bertz CT molecular complexity index is 1550. The maximum Gasteiger partial charge on any atom is 0.244 e. The second-order valence-corrected chi connectivity index (χ2v) is 14.1. The number of nitrogens with one attached hydrogen (secondary N) is 1. The lowest BCUT2D eigenvalue weighted by molar-refractivity contribution is -0.140. The Labute approximate surface area is 269 Å². The van der Waals surface area contributed by atoms with Gasteiger partial charge in [-0.1, -0.05) is 96.5 Å². The Hall–Kier alpha value is -2.78. The molecular weight excluding hydrogens is 629 g/mol. The number of anilines is 1. The molecule has 230 valence electrons. The highest BCUT2D eigenvalue weighted by Gasteiger charge is 2.34. The Balaban J connectivity index is 1.76. The molecule has 0 radical (unpaired) electrons. The summed E-state index contributed by atoms with van der Waals surface area (Å²) < 4.78 is 27.1. The van der Waals surface area contributed by atoms with E-state index in [0.29, 0.717) is 31.9 Å². The third-order valence-corrected chi connectivity index (χ3v) is 9.89. The number of carbonyl (C=O) groups excluding carboxylic acids is 2. The third-order valence-electron chi connectivity index (χ3n) is 7.77. The molecule has 0 aliphatic heterocycles. The van der Waals surface area contributed by atoms with Crippen LogP contribution in [0.3, 0.4) is 0 Å². The first-order chi connectivity index (χ1) is 20.4. The number of carbonyl (C=O) groups is 2. The predicted octanol–water partition coefficient (Wildman–Crippen LogP) is 6.81. The van der Waals surface area contributed by atoms with E-state index in [2.05, 4.69) is 5.32 Å². The fourth-order valence-electron chi connectivity index (χ4n) is 5.39. The normalized spacial score (nSPS) is 14.6. The maximum atomic E-state index is 14.3. The van der Waals surface area contributed by atoms with Gasteiger partial charge in [0.05, 0.1) is 11.9 Å². The van der Waals surface area contributed by atoms with E-state index in [4.69, 9.17) is 34.8 Å². The summed E-state index contributed by atoms with van der Waals surface area (Å²) >= 11 is 19.0. The van der Waals surface area contributed by atoms with E-state index >= 15 is 0 Å². The van der Waals surface area contributed by atoms with Gasteiger partial charge in [-0.25, -0.2) is 8.42 Å².